The fourth-order valence-corrected chi connectivity index (χ4v) is 4.06. The topological polar surface area (TPSA) is 63.1 Å². The number of benzene rings is 1. The van der Waals surface area contributed by atoms with Crippen molar-refractivity contribution in [2.75, 3.05) is 18.0 Å². The number of anilines is 1. The van der Waals surface area contributed by atoms with Crippen molar-refractivity contribution in [3.05, 3.63) is 65.7 Å². The Labute approximate surface area is 156 Å². The molecule has 1 saturated heterocycles. The molecule has 1 N–H and O–H groups in total. The maximum atomic E-state index is 12.5. The molecule has 134 valence electrons. The number of amides is 1. The molecule has 6 nitrogen and oxygen atoms in total. The molecule has 0 radical (unpaired) electrons. The Kier molecular flexibility index (Phi) is 4.97. The predicted octanol–water partition coefficient (Wildman–Crippen LogP) is 2.79. The van der Waals surface area contributed by atoms with Crippen LogP contribution in [0.1, 0.15) is 28.8 Å². The van der Waals surface area contributed by atoms with Crippen molar-refractivity contribution in [1.29, 1.82) is 0 Å². The lowest BCUT2D eigenvalue weighted by Gasteiger charge is -2.24. The SMILES string of the molecule is O=C(NCC1CCCN1c1nccs1)c1ccc(Cn2ccnc2)cc1. The number of hydrogen-bond donors (Lipinski definition) is 1. The Bertz CT molecular complexity index is 829. The number of nitrogens with one attached hydrogen (secondary N) is 1. The van der Waals surface area contributed by atoms with Gasteiger partial charge in [0.15, 0.2) is 5.13 Å². The van der Waals surface area contributed by atoms with Crippen LogP contribution in [0.5, 0.6) is 0 Å². The minimum atomic E-state index is -0.0230. The molecular weight excluding hydrogens is 346 g/mol. The lowest BCUT2D eigenvalue weighted by molar-refractivity contribution is 0.0951. The van der Waals surface area contributed by atoms with E-state index in [1.807, 2.05) is 46.6 Å². The molecule has 7 heteroatoms. The molecule has 0 saturated carbocycles. The second-order valence-corrected chi connectivity index (χ2v) is 7.32. The van der Waals surface area contributed by atoms with E-state index in [-0.39, 0.29) is 5.91 Å². The van der Waals surface area contributed by atoms with Gasteiger partial charge in [0.05, 0.1) is 6.33 Å². The summed E-state index contributed by atoms with van der Waals surface area (Å²) in [4.78, 5) is 23.2. The van der Waals surface area contributed by atoms with E-state index in [0.29, 0.717) is 18.2 Å². The summed E-state index contributed by atoms with van der Waals surface area (Å²) in [5, 5.41) is 6.12. The molecule has 1 atom stereocenters. The maximum Gasteiger partial charge on any atom is 0.251 e. The van der Waals surface area contributed by atoms with Crippen molar-refractivity contribution in [1.82, 2.24) is 19.9 Å². The molecule has 1 aliphatic heterocycles. The van der Waals surface area contributed by atoms with Crippen LogP contribution in [0.25, 0.3) is 0 Å². The first kappa shape index (κ1) is 16.8. The molecule has 3 heterocycles. The number of carbonyl (C=O) groups is 1. The smallest absolute Gasteiger partial charge is 0.251 e. The molecule has 1 aromatic carbocycles. The molecule has 26 heavy (non-hydrogen) atoms. The summed E-state index contributed by atoms with van der Waals surface area (Å²) >= 11 is 1.65. The molecule has 1 aliphatic rings. The second-order valence-electron chi connectivity index (χ2n) is 6.45. The highest BCUT2D eigenvalue weighted by Crippen LogP contribution is 2.26. The van der Waals surface area contributed by atoms with Crippen LogP contribution in [0.2, 0.25) is 0 Å². The molecule has 1 fully saturated rings. The Morgan fingerprint density at radius 3 is 2.88 bits per heavy atom. The summed E-state index contributed by atoms with van der Waals surface area (Å²) in [6.07, 6.45) is 9.54. The lowest BCUT2D eigenvalue weighted by atomic mass is 10.1. The number of hydrogen-bond acceptors (Lipinski definition) is 5. The van der Waals surface area contributed by atoms with Crippen molar-refractivity contribution in [2.24, 2.45) is 0 Å². The van der Waals surface area contributed by atoms with Gasteiger partial charge in [-0.2, -0.15) is 0 Å². The third-order valence-electron chi connectivity index (χ3n) is 4.68. The van der Waals surface area contributed by atoms with E-state index in [2.05, 4.69) is 20.2 Å². The minimum absolute atomic E-state index is 0.0230. The van der Waals surface area contributed by atoms with E-state index < -0.39 is 0 Å². The van der Waals surface area contributed by atoms with Crippen LogP contribution in [0, 0.1) is 0 Å². The zero-order valence-corrected chi connectivity index (χ0v) is 15.2. The van der Waals surface area contributed by atoms with Crippen LogP contribution >= 0.6 is 11.3 Å². The summed E-state index contributed by atoms with van der Waals surface area (Å²) in [6.45, 7) is 2.42. The molecule has 2 aromatic heterocycles. The molecular formula is C19H21N5OS. The highest BCUT2D eigenvalue weighted by molar-refractivity contribution is 7.13. The normalized spacial score (nSPS) is 16.8. The van der Waals surface area contributed by atoms with Crippen LogP contribution in [-0.4, -0.2) is 39.6 Å². The van der Waals surface area contributed by atoms with Crippen molar-refractivity contribution < 1.29 is 4.79 Å². The third kappa shape index (κ3) is 3.77. The summed E-state index contributed by atoms with van der Waals surface area (Å²) in [7, 11) is 0. The Balaban J connectivity index is 1.33. The number of imidazole rings is 1. The largest absolute Gasteiger partial charge is 0.350 e. The Morgan fingerprint density at radius 1 is 1.27 bits per heavy atom. The van der Waals surface area contributed by atoms with Gasteiger partial charge < -0.3 is 14.8 Å². The lowest BCUT2D eigenvalue weighted by Crippen LogP contribution is -2.40. The second kappa shape index (κ2) is 7.70. The average molecular weight is 367 g/mol. The fraction of sp³-hybridized carbons (Fsp3) is 0.316. The van der Waals surface area contributed by atoms with Gasteiger partial charge in [0.1, 0.15) is 0 Å². The summed E-state index contributed by atoms with van der Waals surface area (Å²) < 4.78 is 2.00. The standard InChI is InChI=1S/C19H21N5OS/c25-18(16-5-3-15(4-6-16)13-23-10-7-20-14-23)22-12-17-2-1-9-24(17)19-21-8-11-26-19/h3-8,10-11,14,17H,1-2,9,12-13H2,(H,22,25). The first-order valence-electron chi connectivity index (χ1n) is 8.78. The van der Waals surface area contributed by atoms with Gasteiger partial charge in [-0.1, -0.05) is 12.1 Å². The highest BCUT2D eigenvalue weighted by Gasteiger charge is 2.26. The van der Waals surface area contributed by atoms with Gasteiger partial charge in [-0.15, -0.1) is 11.3 Å². The number of nitrogens with zero attached hydrogens (tertiary/aromatic N) is 4. The highest BCUT2D eigenvalue weighted by atomic mass is 32.1. The van der Waals surface area contributed by atoms with Gasteiger partial charge in [-0.25, -0.2) is 9.97 Å². The molecule has 0 aliphatic carbocycles. The Morgan fingerprint density at radius 2 is 2.15 bits per heavy atom. The van der Waals surface area contributed by atoms with Crippen LogP contribution < -0.4 is 10.2 Å². The number of carbonyl (C=O) groups excluding carboxylic acids is 1. The number of aromatic nitrogens is 3. The zero-order valence-electron chi connectivity index (χ0n) is 14.4. The van der Waals surface area contributed by atoms with Gasteiger partial charge >= 0.3 is 0 Å². The monoisotopic (exact) mass is 367 g/mol. The van der Waals surface area contributed by atoms with Gasteiger partial charge in [0.2, 0.25) is 0 Å². The van der Waals surface area contributed by atoms with Crippen molar-refractivity contribution in [3.63, 3.8) is 0 Å². The minimum Gasteiger partial charge on any atom is -0.350 e. The van der Waals surface area contributed by atoms with E-state index in [1.54, 1.807) is 23.9 Å². The summed E-state index contributed by atoms with van der Waals surface area (Å²) in [5.74, 6) is -0.0230. The van der Waals surface area contributed by atoms with Crippen LogP contribution in [0.4, 0.5) is 5.13 Å². The first-order valence-corrected chi connectivity index (χ1v) is 9.66. The maximum absolute atomic E-state index is 12.5. The van der Waals surface area contributed by atoms with E-state index >= 15 is 0 Å². The third-order valence-corrected chi connectivity index (χ3v) is 5.49. The van der Waals surface area contributed by atoms with Gasteiger partial charge in [0, 0.05) is 55.2 Å². The molecule has 1 amide bonds. The molecule has 1 unspecified atom stereocenters. The molecule has 0 spiro atoms. The van der Waals surface area contributed by atoms with Gasteiger partial charge in [0.25, 0.3) is 5.91 Å². The van der Waals surface area contributed by atoms with Crippen molar-refractivity contribution in [3.8, 4) is 0 Å². The van der Waals surface area contributed by atoms with Crippen LogP contribution in [0.15, 0.2) is 54.6 Å². The first-order chi connectivity index (χ1) is 12.8. The summed E-state index contributed by atoms with van der Waals surface area (Å²) in [5.41, 5.74) is 1.84. The number of thiazole rings is 1. The molecule has 4 rings (SSSR count). The average Bonchev–Trinajstić information content (AvgIpc) is 3.41. The molecule has 3 aromatic rings. The quantitative estimate of drug-likeness (QED) is 0.728. The van der Waals surface area contributed by atoms with E-state index in [4.69, 9.17) is 0 Å². The number of rotatable bonds is 6. The molecule has 0 bridgehead atoms. The van der Waals surface area contributed by atoms with Gasteiger partial charge in [-0.3, -0.25) is 4.79 Å². The van der Waals surface area contributed by atoms with Crippen molar-refractivity contribution in [2.45, 2.75) is 25.4 Å². The van der Waals surface area contributed by atoms with E-state index in [0.717, 1.165) is 36.6 Å². The van der Waals surface area contributed by atoms with Gasteiger partial charge in [-0.05, 0) is 30.5 Å². The van der Waals surface area contributed by atoms with Crippen LogP contribution in [-0.2, 0) is 6.54 Å². The summed E-state index contributed by atoms with van der Waals surface area (Å²) in [6, 6.07) is 8.08. The van der Waals surface area contributed by atoms with Crippen molar-refractivity contribution >= 4 is 22.4 Å². The van der Waals surface area contributed by atoms with E-state index in [9.17, 15) is 4.79 Å². The van der Waals surface area contributed by atoms with Crippen LogP contribution in [0.3, 0.4) is 0 Å². The van der Waals surface area contributed by atoms with E-state index in [1.165, 1.54) is 0 Å². The fourth-order valence-electron chi connectivity index (χ4n) is 3.32. The predicted molar refractivity (Wildman–Crippen MR) is 103 cm³/mol. The zero-order chi connectivity index (χ0) is 17.8. The Hall–Kier alpha value is -2.67.